The van der Waals surface area contributed by atoms with E-state index in [1.54, 1.807) is 30.7 Å². The summed E-state index contributed by atoms with van der Waals surface area (Å²) >= 11 is 0. The summed E-state index contributed by atoms with van der Waals surface area (Å²) in [5.74, 6) is -1.08. The van der Waals surface area contributed by atoms with Gasteiger partial charge in [0, 0.05) is 24.4 Å². The molecule has 0 saturated carbocycles. The molecule has 1 heterocycles. The number of methoxy groups -OCH3 is 1. The third-order valence-electron chi connectivity index (χ3n) is 4.19. The van der Waals surface area contributed by atoms with Gasteiger partial charge < -0.3 is 14.0 Å². The number of benzene rings is 1. The largest absolute Gasteiger partial charge is 0.492 e. The number of ketones is 2. The van der Waals surface area contributed by atoms with Gasteiger partial charge in [-0.3, -0.25) is 9.59 Å². The van der Waals surface area contributed by atoms with Crippen LogP contribution in [0.4, 0.5) is 4.39 Å². The van der Waals surface area contributed by atoms with Crippen molar-refractivity contribution in [3.63, 3.8) is 0 Å². The fraction of sp³-hybridized carbons (Fsp3) is 0.222. The second kappa shape index (κ2) is 5.96. The Morgan fingerprint density at radius 3 is 2.58 bits per heavy atom. The van der Waals surface area contributed by atoms with Gasteiger partial charge in [0.2, 0.25) is 11.6 Å². The van der Waals surface area contributed by atoms with Crippen LogP contribution in [0.25, 0.3) is 0 Å². The van der Waals surface area contributed by atoms with Gasteiger partial charge in [0.05, 0.1) is 12.7 Å². The van der Waals surface area contributed by atoms with Crippen LogP contribution in [0.5, 0.6) is 5.75 Å². The van der Waals surface area contributed by atoms with E-state index < -0.39 is 5.82 Å². The minimum absolute atomic E-state index is 0.00904. The van der Waals surface area contributed by atoms with Gasteiger partial charge in [-0.25, -0.2) is 4.39 Å². The predicted molar refractivity (Wildman–Crippen MR) is 84.6 cm³/mol. The molecule has 0 fully saturated rings. The van der Waals surface area contributed by atoms with Crippen LogP contribution in [0, 0.1) is 12.7 Å². The van der Waals surface area contributed by atoms with E-state index in [4.69, 9.17) is 9.47 Å². The van der Waals surface area contributed by atoms with Crippen molar-refractivity contribution < 1.29 is 23.5 Å². The van der Waals surface area contributed by atoms with Crippen molar-refractivity contribution in [1.29, 1.82) is 0 Å². The average Bonchev–Trinajstić information content (AvgIpc) is 2.82. The minimum atomic E-state index is -0.486. The summed E-state index contributed by atoms with van der Waals surface area (Å²) in [6.07, 6.45) is 1.19. The van der Waals surface area contributed by atoms with Crippen molar-refractivity contribution in [2.45, 2.75) is 13.5 Å². The first-order valence-electron chi connectivity index (χ1n) is 7.36. The Kier molecular flexibility index (Phi) is 3.97. The van der Waals surface area contributed by atoms with Gasteiger partial charge >= 0.3 is 0 Å². The number of nitrogens with zero attached hydrogens (tertiary/aromatic N) is 1. The number of rotatable bonds is 4. The fourth-order valence-corrected chi connectivity index (χ4v) is 2.81. The van der Waals surface area contributed by atoms with Crippen LogP contribution >= 0.6 is 0 Å². The molecule has 0 N–H and O–H groups in total. The van der Waals surface area contributed by atoms with E-state index >= 15 is 0 Å². The third kappa shape index (κ3) is 2.40. The third-order valence-corrected chi connectivity index (χ3v) is 4.19. The lowest BCUT2D eigenvalue weighted by Gasteiger charge is -2.13. The molecule has 3 rings (SSSR count). The van der Waals surface area contributed by atoms with Gasteiger partial charge in [-0.1, -0.05) is 12.1 Å². The molecule has 0 saturated heterocycles. The molecule has 1 aliphatic carbocycles. The van der Waals surface area contributed by atoms with E-state index in [9.17, 15) is 14.0 Å². The molecule has 0 aliphatic heterocycles. The number of hydrogen-bond donors (Lipinski definition) is 0. The normalized spacial score (nSPS) is 13.6. The summed E-state index contributed by atoms with van der Waals surface area (Å²) in [5, 5.41) is 0. The smallest absolute Gasteiger partial charge is 0.230 e. The summed E-state index contributed by atoms with van der Waals surface area (Å²) in [5.41, 5.74) is 1.82. The molecule has 0 radical (unpaired) electrons. The molecule has 2 aromatic rings. The zero-order valence-electron chi connectivity index (χ0n) is 13.6. The summed E-state index contributed by atoms with van der Waals surface area (Å²) in [6, 6.07) is 6.03. The summed E-state index contributed by atoms with van der Waals surface area (Å²) in [6.45, 7) is 1.76. The van der Waals surface area contributed by atoms with Crippen LogP contribution in [0.15, 0.2) is 36.1 Å². The first-order valence-corrected chi connectivity index (χ1v) is 7.36. The van der Waals surface area contributed by atoms with Crippen molar-refractivity contribution in [2.24, 2.45) is 7.05 Å². The Morgan fingerprint density at radius 2 is 1.92 bits per heavy atom. The van der Waals surface area contributed by atoms with Gasteiger partial charge in [-0.05, 0) is 19.1 Å². The maximum absolute atomic E-state index is 13.7. The van der Waals surface area contributed by atoms with Gasteiger partial charge in [-0.2, -0.15) is 0 Å². The standard InChI is InChI=1S/C18H16FNO4/c1-10-11(9-24-14-7-5-4-6-12(14)19)16-17(20(10)2)13(21)8-15(23-3)18(16)22/h4-8H,9H2,1-3H3. The Labute approximate surface area is 138 Å². The Morgan fingerprint density at radius 1 is 1.21 bits per heavy atom. The number of Topliss-reactive ketones (excluding diaryl/α,β-unsaturated/α-hetero) is 1. The SMILES string of the molecule is COC1=CC(=O)c2c(c(COc3ccccc3F)c(C)n2C)C1=O. The highest BCUT2D eigenvalue weighted by atomic mass is 19.1. The van der Waals surface area contributed by atoms with Gasteiger partial charge in [0.25, 0.3) is 0 Å². The van der Waals surface area contributed by atoms with Crippen LogP contribution in [0.3, 0.4) is 0 Å². The monoisotopic (exact) mass is 329 g/mol. The molecular weight excluding hydrogens is 313 g/mol. The van der Waals surface area contributed by atoms with Crippen LogP contribution in [0.1, 0.15) is 32.1 Å². The number of halogens is 1. The lowest BCUT2D eigenvalue weighted by atomic mass is 9.96. The zero-order chi connectivity index (χ0) is 17.4. The second-order valence-electron chi connectivity index (χ2n) is 5.47. The van der Waals surface area contributed by atoms with E-state index in [1.165, 1.54) is 25.3 Å². The molecule has 1 aliphatic rings. The quantitative estimate of drug-likeness (QED) is 0.865. The summed E-state index contributed by atoms with van der Waals surface area (Å²) in [7, 11) is 3.05. The van der Waals surface area contributed by atoms with Gasteiger partial charge in [0.1, 0.15) is 12.3 Å². The predicted octanol–water partition coefficient (Wildman–Crippen LogP) is 2.96. The van der Waals surface area contributed by atoms with E-state index in [1.807, 2.05) is 0 Å². The van der Waals surface area contributed by atoms with E-state index in [0.717, 1.165) is 0 Å². The molecule has 1 aromatic heterocycles. The number of aromatic nitrogens is 1. The number of carbonyl (C=O) groups excluding carboxylic acids is 2. The highest BCUT2D eigenvalue weighted by Crippen LogP contribution is 2.30. The van der Waals surface area contributed by atoms with Gasteiger partial charge in [0.15, 0.2) is 17.3 Å². The topological polar surface area (TPSA) is 57.5 Å². The Hall–Kier alpha value is -2.89. The average molecular weight is 329 g/mol. The van der Waals surface area contributed by atoms with E-state index in [-0.39, 0.29) is 35.2 Å². The number of para-hydroxylation sites is 1. The highest BCUT2D eigenvalue weighted by Gasteiger charge is 2.34. The van der Waals surface area contributed by atoms with Crippen molar-refractivity contribution in [3.05, 3.63) is 64.4 Å². The molecule has 0 bridgehead atoms. The first-order chi connectivity index (χ1) is 11.5. The van der Waals surface area contributed by atoms with Crippen LogP contribution in [-0.4, -0.2) is 23.2 Å². The van der Waals surface area contributed by atoms with Crippen molar-refractivity contribution in [3.8, 4) is 5.75 Å². The molecule has 5 nitrogen and oxygen atoms in total. The molecular formula is C18H16FNO4. The molecule has 6 heteroatoms. The first kappa shape index (κ1) is 16.0. The molecule has 0 amide bonds. The molecule has 0 spiro atoms. The minimum Gasteiger partial charge on any atom is -0.492 e. The number of allylic oxidation sites excluding steroid dienone is 2. The van der Waals surface area contributed by atoms with Crippen molar-refractivity contribution >= 4 is 11.6 Å². The van der Waals surface area contributed by atoms with Crippen LogP contribution in [-0.2, 0) is 18.4 Å². The lowest BCUT2D eigenvalue weighted by Crippen LogP contribution is -2.20. The molecule has 24 heavy (non-hydrogen) atoms. The maximum Gasteiger partial charge on any atom is 0.230 e. The number of carbonyl (C=O) groups is 2. The Bertz CT molecular complexity index is 879. The number of fused-ring (bicyclic) bond motifs is 1. The van der Waals surface area contributed by atoms with Crippen LogP contribution in [0.2, 0.25) is 0 Å². The molecule has 0 atom stereocenters. The second-order valence-corrected chi connectivity index (χ2v) is 5.47. The summed E-state index contributed by atoms with van der Waals surface area (Å²) in [4.78, 5) is 24.9. The van der Waals surface area contributed by atoms with Crippen LogP contribution < -0.4 is 4.74 Å². The fourth-order valence-electron chi connectivity index (χ4n) is 2.81. The van der Waals surface area contributed by atoms with E-state index in [0.29, 0.717) is 17.0 Å². The van der Waals surface area contributed by atoms with E-state index in [2.05, 4.69) is 0 Å². The molecule has 0 unspecified atom stereocenters. The molecule has 124 valence electrons. The summed E-state index contributed by atoms with van der Waals surface area (Å²) < 4.78 is 25.9. The van der Waals surface area contributed by atoms with Gasteiger partial charge in [-0.15, -0.1) is 0 Å². The number of hydrogen-bond acceptors (Lipinski definition) is 4. The van der Waals surface area contributed by atoms with Crippen molar-refractivity contribution in [2.75, 3.05) is 7.11 Å². The number of ether oxygens (including phenoxy) is 2. The highest BCUT2D eigenvalue weighted by molar-refractivity contribution is 6.24. The maximum atomic E-state index is 13.7. The molecule has 1 aromatic carbocycles. The Balaban J connectivity index is 2.02. The zero-order valence-corrected chi connectivity index (χ0v) is 13.6. The van der Waals surface area contributed by atoms with Crippen molar-refractivity contribution in [1.82, 2.24) is 4.57 Å². The lowest BCUT2D eigenvalue weighted by molar-refractivity contribution is 0.0912.